The summed E-state index contributed by atoms with van der Waals surface area (Å²) in [7, 11) is 0. The standard InChI is InChI=1S/C18H11N2OS/c21-18(14-6-5-12-3-1-2-4-13(12)9-14)20-15-7-8-16-17(10-15)22-11-19-16/h1-10H,(H,20,21). The van der Waals surface area contributed by atoms with Gasteiger partial charge in [-0.25, -0.2) is 4.98 Å². The van der Waals surface area contributed by atoms with Gasteiger partial charge in [0, 0.05) is 11.3 Å². The third-order valence-corrected chi connectivity index (χ3v) is 4.28. The van der Waals surface area contributed by atoms with E-state index in [4.69, 9.17) is 0 Å². The fraction of sp³-hybridized carbons (Fsp3) is 0. The SMILES string of the molecule is O=C(Nc1ccc2n[c]sc2c1)c1ccc2ccccc2c1. The number of thiazole rings is 1. The van der Waals surface area contributed by atoms with E-state index in [0.29, 0.717) is 5.56 Å². The van der Waals surface area contributed by atoms with Crippen molar-refractivity contribution in [3.8, 4) is 0 Å². The molecule has 0 saturated carbocycles. The van der Waals surface area contributed by atoms with Crippen molar-refractivity contribution in [1.82, 2.24) is 4.98 Å². The minimum absolute atomic E-state index is 0.112. The summed E-state index contributed by atoms with van der Waals surface area (Å²) in [6.07, 6.45) is 0. The highest BCUT2D eigenvalue weighted by Crippen LogP contribution is 2.22. The maximum Gasteiger partial charge on any atom is 0.255 e. The smallest absolute Gasteiger partial charge is 0.255 e. The molecule has 3 aromatic carbocycles. The molecule has 4 rings (SSSR count). The fourth-order valence-corrected chi connectivity index (χ4v) is 3.07. The van der Waals surface area contributed by atoms with E-state index in [1.807, 2.05) is 60.7 Å². The first-order chi connectivity index (χ1) is 10.8. The topological polar surface area (TPSA) is 42.0 Å². The van der Waals surface area contributed by atoms with Crippen LogP contribution in [0.4, 0.5) is 5.69 Å². The van der Waals surface area contributed by atoms with Crippen LogP contribution < -0.4 is 5.32 Å². The van der Waals surface area contributed by atoms with Crippen molar-refractivity contribution >= 4 is 43.9 Å². The van der Waals surface area contributed by atoms with Gasteiger partial charge in [-0.1, -0.05) is 30.3 Å². The van der Waals surface area contributed by atoms with E-state index in [2.05, 4.69) is 15.8 Å². The molecule has 0 bridgehead atoms. The lowest BCUT2D eigenvalue weighted by atomic mass is 10.1. The Labute approximate surface area is 131 Å². The van der Waals surface area contributed by atoms with Crippen molar-refractivity contribution in [2.75, 3.05) is 5.32 Å². The summed E-state index contributed by atoms with van der Waals surface area (Å²) in [5.74, 6) is -0.112. The van der Waals surface area contributed by atoms with Crippen LogP contribution in [0.2, 0.25) is 0 Å². The molecule has 0 spiro atoms. The number of rotatable bonds is 2. The number of benzene rings is 3. The number of hydrogen-bond acceptors (Lipinski definition) is 3. The number of nitrogens with one attached hydrogen (secondary N) is 1. The molecule has 22 heavy (non-hydrogen) atoms. The monoisotopic (exact) mass is 303 g/mol. The molecule has 0 aliphatic heterocycles. The van der Waals surface area contributed by atoms with Crippen LogP contribution in [0.25, 0.3) is 21.0 Å². The normalized spacial score (nSPS) is 10.9. The van der Waals surface area contributed by atoms with Gasteiger partial charge in [-0.05, 0) is 41.1 Å². The maximum absolute atomic E-state index is 12.4. The summed E-state index contributed by atoms with van der Waals surface area (Å²) in [4.78, 5) is 16.5. The maximum atomic E-state index is 12.4. The average Bonchev–Trinajstić information content (AvgIpc) is 3.02. The highest BCUT2D eigenvalue weighted by Gasteiger charge is 2.08. The summed E-state index contributed by atoms with van der Waals surface area (Å²) in [5.41, 5.74) is 5.16. The Balaban J connectivity index is 1.64. The van der Waals surface area contributed by atoms with Crippen LogP contribution in [0.3, 0.4) is 0 Å². The number of amides is 1. The van der Waals surface area contributed by atoms with Crippen LogP contribution in [0.1, 0.15) is 10.4 Å². The van der Waals surface area contributed by atoms with Crippen LogP contribution in [0, 0.1) is 5.51 Å². The minimum atomic E-state index is -0.112. The molecule has 1 aromatic heterocycles. The molecule has 0 aliphatic carbocycles. The molecule has 1 radical (unpaired) electrons. The van der Waals surface area contributed by atoms with Gasteiger partial charge in [0.1, 0.15) is 0 Å². The van der Waals surface area contributed by atoms with E-state index in [-0.39, 0.29) is 5.91 Å². The van der Waals surface area contributed by atoms with Gasteiger partial charge < -0.3 is 5.32 Å². The molecule has 1 heterocycles. The Morgan fingerprint density at radius 2 is 1.86 bits per heavy atom. The third kappa shape index (κ3) is 2.34. The Bertz CT molecular complexity index is 990. The number of carbonyl (C=O) groups excluding carboxylic acids is 1. The molecular weight excluding hydrogens is 292 g/mol. The van der Waals surface area contributed by atoms with E-state index in [9.17, 15) is 4.79 Å². The molecule has 4 heteroatoms. The number of nitrogens with zero attached hydrogens (tertiary/aromatic N) is 1. The van der Waals surface area contributed by atoms with E-state index in [0.717, 1.165) is 26.7 Å². The van der Waals surface area contributed by atoms with Crippen molar-refractivity contribution < 1.29 is 4.79 Å². The van der Waals surface area contributed by atoms with E-state index < -0.39 is 0 Å². The fourth-order valence-electron chi connectivity index (χ4n) is 2.42. The first-order valence-corrected chi connectivity index (χ1v) is 7.68. The predicted molar refractivity (Wildman–Crippen MR) is 90.4 cm³/mol. The quantitative estimate of drug-likeness (QED) is 0.592. The number of carbonyl (C=O) groups is 1. The summed E-state index contributed by atoms with van der Waals surface area (Å²) in [6.45, 7) is 0. The molecule has 105 valence electrons. The highest BCUT2D eigenvalue weighted by molar-refractivity contribution is 7.16. The van der Waals surface area contributed by atoms with E-state index in [1.54, 1.807) is 0 Å². The van der Waals surface area contributed by atoms with Gasteiger partial charge in [-0.15, -0.1) is 11.3 Å². The van der Waals surface area contributed by atoms with Crippen LogP contribution >= 0.6 is 11.3 Å². The summed E-state index contributed by atoms with van der Waals surface area (Å²) < 4.78 is 1.01. The molecule has 0 saturated heterocycles. The van der Waals surface area contributed by atoms with Crippen molar-refractivity contribution in [3.63, 3.8) is 0 Å². The molecular formula is C18H11N2OS. The lowest BCUT2D eigenvalue weighted by molar-refractivity contribution is 0.102. The second kappa shape index (κ2) is 5.24. The summed E-state index contributed by atoms with van der Waals surface area (Å²) in [5, 5.41) is 5.11. The Kier molecular flexibility index (Phi) is 3.09. The lowest BCUT2D eigenvalue weighted by Crippen LogP contribution is -2.11. The van der Waals surface area contributed by atoms with Crippen LogP contribution in [-0.4, -0.2) is 10.9 Å². The lowest BCUT2D eigenvalue weighted by Gasteiger charge is -2.06. The molecule has 4 aromatic rings. The van der Waals surface area contributed by atoms with Crippen LogP contribution in [0.15, 0.2) is 60.7 Å². The van der Waals surface area contributed by atoms with Crippen molar-refractivity contribution in [2.24, 2.45) is 0 Å². The molecule has 0 aliphatic rings. The zero-order chi connectivity index (χ0) is 14.9. The van der Waals surface area contributed by atoms with E-state index in [1.165, 1.54) is 11.3 Å². The van der Waals surface area contributed by atoms with Gasteiger partial charge >= 0.3 is 0 Å². The minimum Gasteiger partial charge on any atom is -0.322 e. The number of hydrogen-bond donors (Lipinski definition) is 1. The second-order valence-corrected chi connectivity index (χ2v) is 5.83. The van der Waals surface area contributed by atoms with Gasteiger partial charge in [0.05, 0.1) is 10.2 Å². The first-order valence-electron chi connectivity index (χ1n) is 6.86. The third-order valence-electron chi connectivity index (χ3n) is 3.55. The predicted octanol–water partition coefficient (Wildman–Crippen LogP) is 4.50. The average molecular weight is 303 g/mol. The van der Waals surface area contributed by atoms with Gasteiger partial charge in [0.15, 0.2) is 5.51 Å². The zero-order valence-corrected chi connectivity index (χ0v) is 12.4. The number of aromatic nitrogens is 1. The molecule has 0 fully saturated rings. The Morgan fingerprint density at radius 3 is 2.77 bits per heavy atom. The van der Waals surface area contributed by atoms with Crippen molar-refractivity contribution in [3.05, 3.63) is 71.7 Å². The Morgan fingerprint density at radius 1 is 1.00 bits per heavy atom. The van der Waals surface area contributed by atoms with Crippen LogP contribution in [-0.2, 0) is 0 Å². The largest absolute Gasteiger partial charge is 0.322 e. The molecule has 1 amide bonds. The highest BCUT2D eigenvalue weighted by atomic mass is 32.1. The van der Waals surface area contributed by atoms with Gasteiger partial charge in [-0.2, -0.15) is 0 Å². The summed E-state index contributed by atoms with van der Waals surface area (Å²) in [6, 6.07) is 19.4. The van der Waals surface area contributed by atoms with Crippen molar-refractivity contribution in [1.29, 1.82) is 0 Å². The van der Waals surface area contributed by atoms with Gasteiger partial charge in [-0.3, -0.25) is 4.79 Å². The molecule has 0 unspecified atom stereocenters. The summed E-state index contributed by atoms with van der Waals surface area (Å²) >= 11 is 1.44. The molecule has 3 nitrogen and oxygen atoms in total. The van der Waals surface area contributed by atoms with Crippen LogP contribution in [0.5, 0.6) is 0 Å². The number of anilines is 1. The Hall–Kier alpha value is -2.72. The van der Waals surface area contributed by atoms with E-state index >= 15 is 0 Å². The van der Waals surface area contributed by atoms with Crippen molar-refractivity contribution in [2.45, 2.75) is 0 Å². The second-order valence-electron chi connectivity index (χ2n) is 5.00. The molecule has 1 N–H and O–H groups in total. The molecule has 0 atom stereocenters. The van der Waals surface area contributed by atoms with Gasteiger partial charge in [0.25, 0.3) is 5.91 Å². The first kappa shape index (κ1) is 13.0. The zero-order valence-electron chi connectivity index (χ0n) is 11.5. The van der Waals surface area contributed by atoms with Gasteiger partial charge in [0.2, 0.25) is 0 Å². The number of fused-ring (bicyclic) bond motifs is 2.